The van der Waals surface area contributed by atoms with Crippen LogP contribution in [0.5, 0.6) is 0 Å². The summed E-state index contributed by atoms with van der Waals surface area (Å²) in [7, 11) is -3.06. The number of benzene rings is 1. The molecular formula is C22H22N4O3S2. The van der Waals surface area contributed by atoms with Gasteiger partial charge in [-0.25, -0.2) is 8.42 Å². The predicted molar refractivity (Wildman–Crippen MR) is 122 cm³/mol. The molecule has 160 valence electrons. The van der Waals surface area contributed by atoms with Crippen LogP contribution in [0.3, 0.4) is 0 Å². The molecule has 0 spiro atoms. The lowest BCUT2D eigenvalue weighted by Crippen LogP contribution is -2.26. The zero-order chi connectivity index (χ0) is 21.4. The van der Waals surface area contributed by atoms with Gasteiger partial charge in [-0.1, -0.05) is 24.3 Å². The highest BCUT2D eigenvalue weighted by molar-refractivity contribution is 7.91. The number of aromatic nitrogens is 3. The van der Waals surface area contributed by atoms with Crippen molar-refractivity contribution in [2.75, 3.05) is 18.1 Å². The number of amides is 1. The monoisotopic (exact) mass is 454 g/mol. The lowest BCUT2D eigenvalue weighted by molar-refractivity contribution is 0.0948. The maximum absolute atomic E-state index is 12.8. The van der Waals surface area contributed by atoms with Gasteiger partial charge < -0.3 is 10.3 Å². The number of nitrogens with one attached hydrogen (secondary N) is 2. The Kier molecular flexibility index (Phi) is 5.15. The fourth-order valence-electron chi connectivity index (χ4n) is 4.10. The van der Waals surface area contributed by atoms with Gasteiger partial charge >= 0.3 is 0 Å². The number of nitrogens with zero attached hydrogens (tertiary/aromatic N) is 2. The molecule has 1 saturated heterocycles. The van der Waals surface area contributed by atoms with Crippen molar-refractivity contribution in [3.8, 4) is 10.6 Å². The maximum Gasteiger partial charge on any atom is 0.271 e. The lowest BCUT2D eigenvalue weighted by Gasteiger charge is -2.12. The van der Waals surface area contributed by atoms with Crippen LogP contribution in [0, 0.1) is 0 Å². The molecule has 3 aromatic heterocycles. The van der Waals surface area contributed by atoms with E-state index in [1.54, 1.807) is 22.1 Å². The van der Waals surface area contributed by atoms with E-state index >= 15 is 0 Å². The van der Waals surface area contributed by atoms with Gasteiger partial charge in [0.15, 0.2) is 15.5 Å². The van der Waals surface area contributed by atoms with Crippen molar-refractivity contribution in [3.63, 3.8) is 0 Å². The molecule has 7 nitrogen and oxygen atoms in total. The van der Waals surface area contributed by atoms with Crippen LogP contribution in [-0.2, 0) is 16.3 Å². The Morgan fingerprint density at radius 1 is 1.26 bits per heavy atom. The highest BCUT2D eigenvalue weighted by Crippen LogP contribution is 2.32. The Morgan fingerprint density at radius 3 is 2.90 bits per heavy atom. The number of H-pyrrole nitrogens is 1. The van der Waals surface area contributed by atoms with E-state index in [0.717, 1.165) is 27.0 Å². The molecule has 31 heavy (non-hydrogen) atoms. The minimum Gasteiger partial charge on any atom is -0.361 e. The summed E-state index contributed by atoms with van der Waals surface area (Å²) < 4.78 is 25.7. The van der Waals surface area contributed by atoms with Gasteiger partial charge in [0.25, 0.3) is 5.91 Å². The van der Waals surface area contributed by atoms with E-state index in [-0.39, 0.29) is 23.5 Å². The largest absolute Gasteiger partial charge is 0.361 e. The Morgan fingerprint density at radius 2 is 2.13 bits per heavy atom. The highest BCUT2D eigenvalue weighted by atomic mass is 32.2. The summed E-state index contributed by atoms with van der Waals surface area (Å²) in [5.74, 6) is -0.0281. The third kappa shape index (κ3) is 4.03. The van der Waals surface area contributed by atoms with Crippen LogP contribution < -0.4 is 5.32 Å². The third-order valence-electron chi connectivity index (χ3n) is 5.65. The van der Waals surface area contributed by atoms with Crippen molar-refractivity contribution >= 4 is 38.0 Å². The molecule has 0 radical (unpaired) electrons. The summed E-state index contributed by atoms with van der Waals surface area (Å²) in [5, 5.41) is 10.6. The average Bonchev–Trinajstić information content (AvgIpc) is 3.53. The zero-order valence-electron chi connectivity index (χ0n) is 16.7. The number of para-hydroxylation sites is 1. The number of hydrogen-bond donors (Lipinski definition) is 2. The minimum atomic E-state index is -3.06. The second-order valence-corrected chi connectivity index (χ2v) is 10.9. The van der Waals surface area contributed by atoms with E-state index < -0.39 is 9.84 Å². The summed E-state index contributed by atoms with van der Waals surface area (Å²) in [6, 6.07) is 13.5. The molecule has 1 fully saturated rings. The number of fused-ring (bicyclic) bond motifs is 1. The topological polar surface area (TPSA) is 96.9 Å². The first-order valence-corrected chi connectivity index (χ1v) is 12.9. The Bertz CT molecular complexity index is 1340. The number of hydrogen-bond acceptors (Lipinski definition) is 5. The van der Waals surface area contributed by atoms with Crippen molar-refractivity contribution in [2.24, 2.45) is 0 Å². The number of rotatable bonds is 6. The summed E-state index contributed by atoms with van der Waals surface area (Å²) in [6.45, 7) is 0.486. The molecule has 1 unspecified atom stereocenters. The average molecular weight is 455 g/mol. The molecule has 0 bridgehead atoms. The lowest BCUT2D eigenvalue weighted by atomic mass is 10.1. The molecule has 1 aromatic carbocycles. The summed E-state index contributed by atoms with van der Waals surface area (Å²) >= 11 is 1.55. The summed E-state index contributed by atoms with van der Waals surface area (Å²) in [6.07, 6.45) is 3.19. The smallest absolute Gasteiger partial charge is 0.271 e. The number of aromatic amines is 1. The number of carbonyl (C=O) groups excluding carboxylic acids is 1. The van der Waals surface area contributed by atoms with Crippen molar-refractivity contribution in [1.82, 2.24) is 20.1 Å². The van der Waals surface area contributed by atoms with Gasteiger partial charge in [0.2, 0.25) is 0 Å². The fourth-order valence-corrected chi connectivity index (χ4v) is 6.53. The molecule has 4 heterocycles. The molecule has 1 atom stereocenters. The first-order chi connectivity index (χ1) is 15.0. The molecule has 9 heteroatoms. The Hall–Kier alpha value is -2.91. The molecule has 1 aliphatic heterocycles. The molecule has 2 N–H and O–H groups in total. The molecule has 1 aliphatic rings. The van der Waals surface area contributed by atoms with Crippen LogP contribution in [-0.4, -0.2) is 47.1 Å². The third-order valence-corrected chi connectivity index (χ3v) is 8.29. The van der Waals surface area contributed by atoms with Gasteiger partial charge in [0, 0.05) is 23.6 Å². The molecule has 1 amide bonds. The van der Waals surface area contributed by atoms with Crippen molar-refractivity contribution < 1.29 is 13.2 Å². The van der Waals surface area contributed by atoms with Gasteiger partial charge in [0.05, 0.1) is 28.1 Å². The SMILES string of the molecule is O=C(NCCc1c[nH]c2ccccc12)c1cc(-c2cccs2)n(C2CCS(=O)(=O)C2)n1. The zero-order valence-corrected chi connectivity index (χ0v) is 18.4. The summed E-state index contributed by atoms with van der Waals surface area (Å²) in [4.78, 5) is 17.0. The van der Waals surface area contributed by atoms with E-state index in [1.165, 1.54) is 0 Å². The first-order valence-electron chi connectivity index (χ1n) is 10.2. The van der Waals surface area contributed by atoms with Gasteiger partial charge in [-0.3, -0.25) is 9.48 Å². The van der Waals surface area contributed by atoms with Crippen LogP contribution >= 0.6 is 11.3 Å². The number of thiophene rings is 1. The minimum absolute atomic E-state index is 0.0642. The quantitative estimate of drug-likeness (QED) is 0.466. The van der Waals surface area contributed by atoms with Crippen molar-refractivity contribution in [3.05, 3.63) is 65.3 Å². The second kappa shape index (κ2) is 7.97. The predicted octanol–water partition coefficient (Wildman–Crippen LogP) is 3.43. The van der Waals surface area contributed by atoms with E-state index in [9.17, 15) is 13.2 Å². The Balaban J connectivity index is 1.33. The van der Waals surface area contributed by atoms with Crippen molar-refractivity contribution in [1.29, 1.82) is 0 Å². The number of sulfone groups is 1. The van der Waals surface area contributed by atoms with Crippen molar-refractivity contribution in [2.45, 2.75) is 18.9 Å². The van der Waals surface area contributed by atoms with Crippen LogP contribution in [0.25, 0.3) is 21.5 Å². The van der Waals surface area contributed by atoms with Gasteiger partial charge in [-0.15, -0.1) is 11.3 Å². The van der Waals surface area contributed by atoms with E-state index in [4.69, 9.17) is 0 Å². The standard InChI is InChI=1S/C22H22N4O3S2/c27-22(23-9-7-15-13-24-18-5-2-1-4-17(15)18)19-12-20(21-6-3-10-30-21)26(25-19)16-8-11-31(28,29)14-16/h1-6,10,12-13,16,24H,7-9,11,14H2,(H,23,27). The summed E-state index contributed by atoms with van der Waals surface area (Å²) in [5.41, 5.74) is 3.33. The second-order valence-electron chi connectivity index (χ2n) is 7.76. The van der Waals surface area contributed by atoms with E-state index in [1.807, 2.05) is 41.9 Å². The molecule has 0 saturated carbocycles. The van der Waals surface area contributed by atoms with Gasteiger partial charge in [0.1, 0.15) is 0 Å². The van der Waals surface area contributed by atoms with Gasteiger partial charge in [-0.2, -0.15) is 5.10 Å². The van der Waals surface area contributed by atoms with Crippen LogP contribution in [0.2, 0.25) is 0 Å². The Labute approximate surface area is 184 Å². The molecular weight excluding hydrogens is 432 g/mol. The normalized spacial score (nSPS) is 17.9. The highest BCUT2D eigenvalue weighted by Gasteiger charge is 2.32. The van der Waals surface area contributed by atoms with E-state index in [0.29, 0.717) is 25.1 Å². The van der Waals surface area contributed by atoms with Crippen LogP contribution in [0.15, 0.2) is 54.0 Å². The first kappa shape index (κ1) is 20.0. The fraction of sp³-hybridized carbons (Fsp3) is 0.273. The van der Waals surface area contributed by atoms with Crippen LogP contribution in [0.1, 0.15) is 28.5 Å². The number of carbonyl (C=O) groups is 1. The van der Waals surface area contributed by atoms with Gasteiger partial charge in [-0.05, 0) is 42.0 Å². The maximum atomic E-state index is 12.8. The molecule has 4 aromatic rings. The van der Waals surface area contributed by atoms with Crippen LogP contribution in [0.4, 0.5) is 0 Å². The van der Waals surface area contributed by atoms with E-state index in [2.05, 4.69) is 21.5 Å². The molecule has 0 aliphatic carbocycles. The molecule has 5 rings (SSSR count).